The molecule has 128 valence electrons. The molecule has 0 fully saturated rings. The van der Waals surface area contributed by atoms with E-state index in [1.165, 1.54) is 5.01 Å². The highest BCUT2D eigenvalue weighted by molar-refractivity contribution is 9.10. The highest BCUT2D eigenvalue weighted by atomic mass is 79.9. The largest absolute Gasteiger partial charge is 0.481 e. The van der Waals surface area contributed by atoms with E-state index < -0.39 is 5.97 Å². The van der Waals surface area contributed by atoms with Gasteiger partial charge in [0.05, 0.1) is 18.2 Å². The van der Waals surface area contributed by atoms with Gasteiger partial charge in [0, 0.05) is 17.3 Å². The Labute approximate surface area is 154 Å². The van der Waals surface area contributed by atoms with Crippen LogP contribution in [0, 0.1) is 0 Å². The molecule has 0 spiro atoms. The van der Waals surface area contributed by atoms with Gasteiger partial charge in [-0.2, -0.15) is 5.10 Å². The highest BCUT2D eigenvalue weighted by Gasteiger charge is 2.32. The molecular formula is C19H17BrN2O3. The second-order valence-corrected chi connectivity index (χ2v) is 6.74. The van der Waals surface area contributed by atoms with Crippen molar-refractivity contribution in [1.82, 2.24) is 5.01 Å². The Kier molecular flexibility index (Phi) is 5.28. The van der Waals surface area contributed by atoms with Gasteiger partial charge in [-0.1, -0.05) is 58.4 Å². The van der Waals surface area contributed by atoms with Crippen molar-refractivity contribution in [3.63, 3.8) is 0 Å². The summed E-state index contributed by atoms with van der Waals surface area (Å²) in [6.07, 6.45) is 0.339. The molecule has 0 bridgehead atoms. The van der Waals surface area contributed by atoms with Gasteiger partial charge in [-0.25, -0.2) is 5.01 Å². The van der Waals surface area contributed by atoms with Crippen LogP contribution in [0.2, 0.25) is 0 Å². The van der Waals surface area contributed by atoms with Gasteiger partial charge in [0.2, 0.25) is 5.91 Å². The fourth-order valence-corrected chi connectivity index (χ4v) is 3.25. The Morgan fingerprint density at radius 1 is 1.12 bits per heavy atom. The molecule has 5 nitrogen and oxygen atoms in total. The number of aliphatic carboxylic acids is 1. The van der Waals surface area contributed by atoms with E-state index >= 15 is 0 Å². The maximum atomic E-state index is 12.5. The number of benzene rings is 2. The lowest BCUT2D eigenvalue weighted by molar-refractivity contribution is -0.141. The third-order valence-corrected chi connectivity index (χ3v) is 4.55. The van der Waals surface area contributed by atoms with E-state index in [0.29, 0.717) is 6.42 Å². The van der Waals surface area contributed by atoms with Crippen molar-refractivity contribution in [1.29, 1.82) is 0 Å². The van der Waals surface area contributed by atoms with Crippen molar-refractivity contribution in [3.05, 3.63) is 70.2 Å². The zero-order chi connectivity index (χ0) is 17.8. The normalized spacial score (nSPS) is 16.6. The minimum absolute atomic E-state index is 0.0616. The summed E-state index contributed by atoms with van der Waals surface area (Å²) in [5, 5.41) is 14.8. The lowest BCUT2D eigenvalue weighted by atomic mass is 9.98. The van der Waals surface area contributed by atoms with E-state index in [4.69, 9.17) is 5.11 Å². The summed E-state index contributed by atoms with van der Waals surface area (Å²) in [5.41, 5.74) is 2.75. The van der Waals surface area contributed by atoms with Crippen LogP contribution in [-0.4, -0.2) is 27.7 Å². The fourth-order valence-electron chi connectivity index (χ4n) is 2.85. The summed E-state index contributed by atoms with van der Waals surface area (Å²) in [4.78, 5) is 23.3. The predicted molar refractivity (Wildman–Crippen MR) is 98.2 cm³/mol. The number of hydrogen-bond acceptors (Lipinski definition) is 3. The number of halogens is 1. The zero-order valence-electron chi connectivity index (χ0n) is 13.4. The van der Waals surface area contributed by atoms with Crippen molar-refractivity contribution in [2.24, 2.45) is 5.10 Å². The van der Waals surface area contributed by atoms with Gasteiger partial charge in [0.1, 0.15) is 0 Å². The van der Waals surface area contributed by atoms with Crippen LogP contribution in [0.5, 0.6) is 0 Å². The molecular weight excluding hydrogens is 384 g/mol. The number of rotatable bonds is 5. The van der Waals surface area contributed by atoms with E-state index in [2.05, 4.69) is 21.0 Å². The summed E-state index contributed by atoms with van der Waals surface area (Å²) >= 11 is 3.45. The van der Waals surface area contributed by atoms with Crippen molar-refractivity contribution in [2.75, 3.05) is 0 Å². The summed E-state index contributed by atoms with van der Waals surface area (Å²) in [5.74, 6) is -1.26. The number of amides is 1. The Morgan fingerprint density at radius 2 is 1.88 bits per heavy atom. The second kappa shape index (κ2) is 7.61. The average molecular weight is 401 g/mol. The number of carbonyl (C=O) groups is 2. The second-order valence-electron chi connectivity index (χ2n) is 5.82. The Balaban J connectivity index is 1.90. The minimum atomic E-state index is -0.986. The predicted octanol–water partition coefficient (Wildman–Crippen LogP) is 3.99. The molecule has 2 aromatic carbocycles. The fraction of sp³-hybridized carbons (Fsp3) is 0.211. The van der Waals surface area contributed by atoms with Gasteiger partial charge in [-0.3, -0.25) is 9.59 Å². The molecule has 1 atom stereocenters. The average Bonchev–Trinajstić information content (AvgIpc) is 3.06. The summed E-state index contributed by atoms with van der Waals surface area (Å²) in [6, 6.07) is 17.3. The van der Waals surface area contributed by atoms with Crippen LogP contribution in [0.15, 0.2) is 64.2 Å². The van der Waals surface area contributed by atoms with Gasteiger partial charge in [-0.05, 0) is 23.3 Å². The van der Waals surface area contributed by atoms with E-state index in [-0.39, 0.29) is 24.8 Å². The number of hydrogen-bond donors (Lipinski definition) is 1. The molecule has 0 saturated carbocycles. The summed E-state index contributed by atoms with van der Waals surface area (Å²) in [6.45, 7) is 0. The molecule has 3 rings (SSSR count). The van der Waals surface area contributed by atoms with Crippen LogP contribution < -0.4 is 0 Å². The van der Waals surface area contributed by atoms with Crippen molar-refractivity contribution < 1.29 is 14.7 Å². The highest BCUT2D eigenvalue weighted by Crippen LogP contribution is 2.33. The van der Waals surface area contributed by atoms with Crippen LogP contribution in [0.25, 0.3) is 0 Å². The van der Waals surface area contributed by atoms with E-state index in [1.807, 2.05) is 54.6 Å². The molecule has 1 amide bonds. The third kappa shape index (κ3) is 4.14. The van der Waals surface area contributed by atoms with Crippen LogP contribution in [-0.2, 0) is 9.59 Å². The molecule has 1 N–H and O–H groups in total. The number of carboxylic acid groups (broad SMARTS) is 1. The molecule has 0 radical (unpaired) electrons. The molecule has 1 aliphatic heterocycles. The zero-order valence-corrected chi connectivity index (χ0v) is 15.0. The van der Waals surface area contributed by atoms with Gasteiger partial charge in [-0.15, -0.1) is 0 Å². The number of carbonyl (C=O) groups excluding carboxylic acids is 1. The van der Waals surface area contributed by atoms with Crippen LogP contribution in [0.3, 0.4) is 0 Å². The maximum absolute atomic E-state index is 12.5. The number of nitrogens with zero attached hydrogens (tertiary/aromatic N) is 2. The van der Waals surface area contributed by atoms with Crippen molar-refractivity contribution in [3.8, 4) is 0 Å². The molecule has 1 heterocycles. The first-order chi connectivity index (χ1) is 12.0. The SMILES string of the molecule is O=C(O)CCC(=O)N1N=C(c2cccc(Br)c2)CC1c1ccccc1. The van der Waals surface area contributed by atoms with Crippen molar-refractivity contribution in [2.45, 2.75) is 25.3 Å². The van der Waals surface area contributed by atoms with Crippen LogP contribution >= 0.6 is 15.9 Å². The molecule has 0 saturated heterocycles. The summed E-state index contributed by atoms with van der Waals surface area (Å²) in [7, 11) is 0. The number of carboxylic acids is 1. The monoisotopic (exact) mass is 400 g/mol. The molecule has 6 heteroatoms. The van der Waals surface area contributed by atoms with E-state index in [0.717, 1.165) is 21.3 Å². The van der Waals surface area contributed by atoms with E-state index in [9.17, 15) is 9.59 Å². The quantitative estimate of drug-likeness (QED) is 0.824. The van der Waals surface area contributed by atoms with Crippen LogP contribution in [0.4, 0.5) is 0 Å². The maximum Gasteiger partial charge on any atom is 0.303 e. The first kappa shape index (κ1) is 17.4. The third-order valence-electron chi connectivity index (χ3n) is 4.06. The molecule has 1 aliphatic rings. The molecule has 0 aromatic heterocycles. The molecule has 1 unspecified atom stereocenters. The Morgan fingerprint density at radius 3 is 2.56 bits per heavy atom. The van der Waals surface area contributed by atoms with Gasteiger partial charge in [0.25, 0.3) is 0 Å². The summed E-state index contributed by atoms with van der Waals surface area (Å²) < 4.78 is 0.944. The van der Waals surface area contributed by atoms with Crippen molar-refractivity contribution >= 4 is 33.5 Å². The lowest BCUT2D eigenvalue weighted by Crippen LogP contribution is -2.27. The molecule has 2 aromatic rings. The van der Waals surface area contributed by atoms with Gasteiger partial charge < -0.3 is 5.11 Å². The Hall–Kier alpha value is -2.47. The first-order valence-electron chi connectivity index (χ1n) is 7.97. The number of hydrazone groups is 1. The molecule has 0 aliphatic carbocycles. The first-order valence-corrected chi connectivity index (χ1v) is 8.76. The Bertz CT molecular complexity index is 820. The van der Waals surface area contributed by atoms with Gasteiger partial charge in [0.15, 0.2) is 0 Å². The lowest BCUT2D eigenvalue weighted by Gasteiger charge is -2.21. The van der Waals surface area contributed by atoms with E-state index in [1.54, 1.807) is 0 Å². The smallest absolute Gasteiger partial charge is 0.303 e. The minimum Gasteiger partial charge on any atom is -0.481 e. The van der Waals surface area contributed by atoms with Gasteiger partial charge >= 0.3 is 5.97 Å². The van der Waals surface area contributed by atoms with Crippen LogP contribution in [0.1, 0.15) is 36.4 Å². The standard InChI is InChI=1S/C19H17BrN2O3/c20-15-8-4-7-14(11-15)16-12-17(13-5-2-1-3-6-13)22(21-16)18(23)9-10-19(24)25/h1-8,11,17H,9-10,12H2,(H,24,25). The molecule has 25 heavy (non-hydrogen) atoms. The topological polar surface area (TPSA) is 70.0 Å².